The summed E-state index contributed by atoms with van der Waals surface area (Å²) in [7, 11) is 0. The Labute approximate surface area is 153 Å². The first kappa shape index (κ1) is 19.3. The summed E-state index contributed by atoms with van der Waals surface area (Å²) in [4.78, 5) is 23.6. The summed E-state index contributed by atoms with van der Waals surface area (Å²) in [6.45, 7) is 5.84. The lowest BCUT2D eigenvalue weighted by molar-refractivity contribution is -0.119. The van der Waals surface area contributed by atoms with E-state index in [0.29, 0.717) is 11.4 Å². The number of nitrogens with two attached hydrogens (primary N) is 1. The molecule has 0 radical (unpaired) electrons. The summed E-state index contributed by atoms with van der Waals surface area (Å²) in [6, 6.07) is 13.4. The first-order chi connectivity index (χ1) is 12.4. The van der Waals surface area contributed by atoms with Gasteiger partial charge in [-0.2, -0.15) is 0 Å². The monoisotopic (exact) mass is 355 g/mol. The van der Waals surface area contributed by atoms with Crippen LogP contribution in [0.4, 0.5) is 10.5 Å². The van der Waals surface area contributed by atoms with Crippen LogP contribution in [-0.2, 0) is 4.79 Å². The highest BCUT2D eigenvalue weighted by molar-refractivity contribution is 5.97. The largest absolute Gasteiger partial charge is 0.457 e. The van der Waals surface area contributed by atoms with Crippen LogP contribution in [0.3, 0.4) is 0 Å². The summed E-state index contributed by atoms with van der Waals surface area (Å²) < 4.78 is 5.79. The van der Waals surface area contributed by atoms with E-state index >= 15 is 0 Å². The van der Waals surface area contributed by atoms with E-state index in [0.717, 1.165) is 17.7 Å². The molecule has 2 atom stereocenters. The minimum absolute atomic E-state index is 0.0357. The molecule has 0 aromatic heterocycles. The van der Waals surface area contributed by atoms with Gasteiger partial charge >= 0.3 is 6.03 Å². The van der Waals surface area contributed by atoms with Crippen LogP contribution >= 0.6 is 0 Å². The van der Waals surface area contributed by atoms with E-state index in [-0.39, 0.29) is 11.8 Å². The molecule has 0 saturated heterocycles. The zero-order valence-electron chi connectivity index (χ0n) is 15.3. The predicted octanol–water partition coefficient (Wildman–Crippen LogP) is 3.81. The molecule has 138 valence electrons. The highest BCUT2D eigenvalue weighted by Gasteiger charge is 2.25. The van der Waals surface area contributed by atoms with Crippen molar-refractivity contribution in [2.24, 2.45) is 11.7 Å². The number of ether oxygens (including phenoxy) is 1. The number of hydrogen-bond acceptors (Lipinski definition) is 3. The minimum atomic E-state index is -0.715. The molecule has 2 rings (SSSR count). The van der Waals surface area contributed by atoms with Crippen LogP contribution in [0.1, 0.15) is 25.8 Å². The average Bonchev–Trinajstić information content (AvgIpc) is 2.60. The van der Waals surface area contributed by atoms with Crippen LogP contribution in [-0.4, -0.2) is 18.0 Å². The Kier molecular flexibility index (Phi) is 6.60. The maximum Gasteiger partial charge on any atom is 0.312 e. The number of primary amides is 1. The molecule has 0 saturated carbocycles. The fraction of sp³-hybridized carbons (Fsp3) is 0.300. The van der Waals surface area contributed by atoms with Gasteiger partial charge in [-0.3, -0.25) is 4.79 Å². The van der Waals surface area contributed by atoms with E-state index in [1.165, 1.54) is 0 Å². The molecule has 2 aromatic rings. The molecule has 3 amide bonds. The summed E-state index contributed by atoms with van der Waals surface area (Å²) in [5.41, 5.74) is 6.91. The van der Waals surface area contributed by atoms with Crippen LogP contribution in [0.2, 0.25) is 0 Å². The standard InChI is InChI=1S/C20H25N3O3/c1-4-14(3)18(23-20(21)25)19(24)22-15-8-10-16(11-9-15)26-17-7-5-6-13(2)12-17/h5-12,14,18H,4H2,1-3H3,(H,22,24)(H3,21,23,25)/t14-,18-/m0/s1. The number of urea groups is 1. The number of carbonyl (C=O) groups is 2. The van der Waals surface area contributed by atoms with Crippen LogP contribution in [0, 0.1) is 12.8 Å². The second kappa shape index (κ2) is 8.89. The summed E-state index contributed by atoms with van der Waals surface area (Å²) in [6.07, 6.45) is 0.738. The van der Waals surface area contributed by atoms with E-state index in [1.807, 2.05) is 45.0 Å². The van der Waals surface area contributed by atoms with Crippen molar-refractivity contribution in [2.75, 3.05) is 5.32 Å². The van der Waals surface area contributed by atoms with Gasteiger partial charge in [-0.25, -0.2) is 4.79 Å². The van der Waals surface area contributed by atoms with Crippen LogP contribution in [0.25, 0.3) is 0 Å². The Hall–Kier alpha value is -3.02. The molecular formula is C20H25N3O3. The van der Waals surface area contributed by atoms with Gasteiger partial charge in [0.25, 0.3) is 0 Å². The van der Waals surface area contributed by atoms with Gasteiger partial charge in [-0.05, 0) is 54.8 Å². The maximum absolute atomic E-state index is 12.4. The van der Waals surface area contributed by atoms with Crippen LogP contribution in [0.5, 0.6) is 11.5 Å². The second-order valence-corrected chi connectivity index (χ2v) is 6.30. The van der Waals surface area contributed by atoms with Gasteiger partial charge in [-0.1, -0.05) is 32.4 Å². The van der Waals surface area contributed by atoms with Crippen molar-refractivity contribution in [3.8, 4) is 11.5 Å². The van der Waals surface area contributed by atoms with Crippen molar-refractivity contribution < 1.29 is 14.3 Å². The normalized spacial score (nSPS) is 12.7. The predicted molar refractivity (Wildman–Crippen MR) is 102 cm³/mol. The van der Waals surface area contributed by atoms with E-state index in [2.05, 4.69) is 10.6 Å². The molecule has 0 spiro atoms. The lowest BCUT2D eigenvalue weighted by atomic mass is 9.98. The number of anilines is 1. The fourth-order valence-electron chi connectivity index (χ4n) is 2.50. The number of rotatable bonds is 7. The van der Waals surface area contributed by atoms with Crippen molar-refractivity contribution >= 4 is 17.6 Å². The Balaban J connectivity index is 2.03. The lowest BCUT2D eigenvalue weighted by Crippen LogP contribution is -2.49. The highest BCUT2D eigenvalue weighted by atomic mass is 16.5. The smallest absolute Gasteiger partial charge is 0.312 e. The molecule has 0 fully saturated rings. The van der Waals surface area contributed by atoms with Gasteiger partial charge in [0.05, 0.1) is 0 Å². The van der Waals surface area contributed by atoms with Gasteiger partial charge in [0.15, 0.2) is 0 Å². The molecular weight excluding hydrogens is 330 g/mol. The average molecular weight is 355 g/mol. The Morgan fingerprint density at radius 1 is 1.12 bits per heavy atom. The third-order valence-corrected chi connectivity index (χ3v) is 4.14. The second-order valence-electron chi connectivity index (χ2n) is 6.30. The Morgan fingerprint density at radius 3 is 2.38 bits per heavy atom. The molecule has 4 N–H and O–H groups in total. The maximum atomic E-state index is 12.4. The number of benzene rings is 2. The zero-order chi connectivity index (χ0) is 19.1. The van der Waals surface area contributed by atoms with Crippen molar-refractivity contribution in [3.63, 3.8) is 0 Å². The molecule has 0 heterocycles. The van der Waals surface area contributed by atoms with Crippen LogP contribution in [0.15, 0.2) is 48.5 Å². The minimum Gasteiger partial charge on any atom is -0.457 e. The zero-order valence-corrected chi connectivity index (χ0v) is 15.3. The van der Waals surface area contributed by atoms with Gasteiger partial charge in [0.2, 0.25) is 5.91 Å². The Bertz CT molecular complexity index is 759. The molecule has 0 aliphatic rings. The third kappa shape index (κ3) is 5.51. The molecule has 0 bridgehead atoms. The van der Waals surface area contributed by atoms with Crippen molar-refractivity contribution in [1.82, 2.24) is 5.32 Å². The lowest BCUT2D eigenvalue weighted by Gasteiger charge is -2.22. The topological polar surface area (TPSA) is 93.5 Å². The first-order valence-electron chi connectivity index (χ1n) is 8.60. The van der Waals surface area contributed by atoms with Gasteiger partial charge in [-0.15, -0.1) is 0 Å². The van der Waals surface area contributed by atoms with E-state index in [4.69, 9.17) is 10.5 Å². The number of aryl methyl sites for hydroxylation is 1. The SMILES string of the molecule is CC[C@H](C)[C@H](NC(N)=O)C(=O)Nc1ccc(Oc2cccc(C)c2)cc1. The van der Waals surface area contributed by atoms with E-state index < -0.39 is 12.1 Å². The molecule has 0 unspecified atom stereocenters. The molecule has 26 heavy (non-hydrogen) atoms. The quantitative estimate of drug-likeness (QED) is 0.705. The highest BCUT2D eigenvalue weighted by Crippen LogP contribution is 2.24. The van der Waals surface area contributed by atoms with Crippen LogP contribution < -0.4 is 21.1 Å². The summed E-state index contributed by atoms with van der Waals surface area (Å²) in [5, 5.41) is 5.30. The first-order valence-corrected chi connectivity index (χ1v) is 8.60. The Morgan fingerprint density at radius 2 is 1.81 bits per heavy atom. The summed E-state index contributed by atoms with van der Waals surface area (Å²) >= 11 is 0. The molecule has 6 nitrogen and oxygen atoms in total. The summed E-state index contributed by atoms with van der Waals surface area (Å²) in [5.74, 6) is 1.09. The number of carbonyl (C=O) groups excluding carboxylic acids is 2. The molecule has 2 aromatic carbocycles. The number of hydrogen-bond donors (Lipinski definition) is 3. The van der Waals surface area contributed by atoms with Crippen molar-refractivity contribution in [1.29, 1.82) is 0 Å². The number of amides is 3. The van der Waals surface area contributed by atoms with Gasteiger partial charge in [0, 0.05) is 5.69 Å². The van der Waals surface area contributed by atoms with E-state index in [9.17, 15) is 9.59 Å². The fourth-order valence-corrected chi connectivity index (χ4v) is 2.50. The number of nitrogens with one attached hydrogen (secondary N) is 2. The van der Waals surface area contributed by atoms with Gasteiger partial charge in [0.1, 0.15) is 17.5 Å². The third-order valence-electron chi connectivity index (χ3n) is 4.14. The molecule has 0 aliphatic heterocycles. The van der Waals surface area contributed by atoms with Crippen molar-refractivity contribution in [2.45, 2.75) is 33.2 Å². The van der Waals surface area contributed by atoms with Crippen molar-refractivity contribution in [3.05, 3.63) is 54.1 Å². The molecule has 6 heteroatoms. The van der Waals surface area contributed by atoms with Gasteiger partial charge < -0.3 is 21.1 Å². The molecule has 0 aliphatic carbocycles. The van der Waals surface area contributed by atoms with E-state index in [1.54, 1.807) is 24.3 Å².